The van der Waals surface area contributed by atoms with Crippen molar-refractivity contribution in [3.8, 4) is 0 Å². The molecule has 14 heavy (non-hydrogen) atoms. The highest BCUT2D eigenvalue weighted by atomic mass is 35.5. The van der Waals surface area contributed by atoms with Crippen molar-refractivity contribution < 1.29 is 13.0 Å². The first-order chi connectivity index (χ1) is 6.45. The fourth-order valence-electron chi connectivity index (χ4n) is 1.05. The molecule has 0 bridgehead atoms. The van der Waals surface area contributed by atoms with Crippen molar-refractivity contribution in [2.75, 3.05) is 6.54 Å². The topological polar surface area (TPSA) is 80.4 Å². The molecule has 0 unspecified atom stereocenters. The molecular weight excluding hydrogens is 226 g/mol. The van der Waals surface area contributed by atoms with Crippen LogP contribution in [0.4, 0.5) is 0 Å². The van der Waals surface area contributed by atoms with E-state index in [0.717, 1.165) is 5.56 Å². The minimum Gasteiger partial charge on any atom is -0.330 e. The van der Waals surface area contributed by atoms with Crippen molar-refractivity contribution in [1.29, 1.82) is 0 Å². The predicted molar refractivity (Wildman–Crippen MR) is 54.0 cm³/mol. The lowest BCUT2D eigenvalue weighted by molar-refractivity contribution is 0.483. The van der Waals surface area contributed by atoms with Gasteiger partial charge in [0.2, 0.25) is 0 Å². The average molecular weight is 236 g/mol. The van der Waals surface area contributed by atoms with Gasteiger partial charge in [-0.1, -0.05) is 17.7 Å². The quantitative estimate of drug-likeness (QED) is 0.769. The molecule has 0 saturated carbocycles. The maximum Gasteiger partial charge on any atom is 0.294 e. The molecule has 78 valence electrons. The molecule has 0 aliphatic heterocycles. The fourth-order valence-corrected chi connectivity index (χ4v) is 1.89. The number of rotatable bonds is 3. The van der Waals surface area contributed by atoms with Gasteiger partial charge in [0.25, 0.3) is 10.1 Å². The van der Waals surface area contributed by atoms with Gasteiger partial charge in [-0.3, -0.25) is 4.55 Å². The van der Waals surface area contributed by atoms with Crippen LogP contribution in [-0.4, -0.2) is 19.5 Å². The van der Waals surface area contributed by atoms with Crippen molar-refractivity contribution in [1.82, 2.24) is 0 Å². The maximum absolute atomic E-state index is 10.7. The van der Waals surface area contributed by atoms with E-state index in [0.29, 0.717) is 18.0 Å². The Labute approximate surface area is 87.4 Å². The third-order valence-corrected chi connectivity index (χ3v) is 2.94. The summed E-state index contributed by atoms with van der Waals surface area (Å²) in [5, 5.41) is 0.297. The molecule has 0 atom stereocenters. The van der Waals surface area contributed by atoms with Crippen LogP contribution in [0.1, 0.15) is 5.56 Å². The summed E-state index contributed by atoms with van der Waals surface area (Å²) in [5.74, 6) is 0. The number of hydrogen-bond acceptors (Lipinski definition) is 3. The van der Waals surface area contributed by atoms with Crippen LogP contribution in [0.3, 0.4) is 0 Å². The molecule has 1 aromatic rings. The van der Waals surface area contributed by atoms with E-state index >= 15 is 0 Å². The smallest absolute Gasteiger partial charge is 0.294 e. The van der Waals surface area contributed by atoms with E-state index in [1.165, 1.54) is 18.2 Å². The van der Waals surface area contributed by atoms with Gasteiger partial charge in [-0.05, 0) is 30.7 Å². The highest BCUT2D eigenvalue weighted by Gasteiger charge is 2.11. The molecule has 0 heterocycles. The molecule has 4 nitrogen and oxygen atoms in total. The summed E-state index contributed by atoms with van der Waals surface area (Å²) in [7, 11) is -4.17. The zero-order valence-corrected chi connectivity index (χ0v) is 8.85. The fraction of sp³-hybridized carbons (Fsp3) is 0.250. The number of halogens is 1. The van der Waals surface area contributed by atoms with E-state index < -0.39 is 10.1 Å². The summed E-state index contributed by atoms with van der Waals surface area (Å²) in [6, 6.07) is 4.05. The van der Waals surface area contributed by atoms with E-state index in [1.807, 2.05) is 0 Å². The SMILES string of the molecule is NCCc1ccc(S(=O)(=O)O)cc1Cl. The molecule has 3 N–H and O–H groups in total. The molecule has 0 radical (unpaired) electrons. The van der Waals surface area contributed by atoms with Crippen LogP contribution in [-0.2, 0) is 16.5 Å². The summed E-state index contributed by atoms with van der Waals surface area (Å²) in [6.07, 6.45) is 0.574. The molecule has 6 heteroatoms. The van der Waals surface area contributed by atoms with Crippen LogP contribution in [0.5, 0.6) is 0 Å². The molecule has 0 aliphatic carbocycles. The van der Waals surface area contributed by atoms with Crippen LogP contribution >= 0.6 is 11.6 Å². The van der Waals surface area contributed by atoms with Crippen LogP contribution in [0.15, 0.2) is 23.1 Å². The van der Waals surface area contributed by atoms with E-state index in [4.69, 9.17) is 21.9 Å². The Kier molecular flexibility index (Phi) is 3.49. The van der Waals surface area contributed by atoms with E-state index in [-0.39, 0.29) is 4.90 Å². The molecule has 0 amide bonds. The van der Waals surface area contributed by atoms with Crippen molar-refractivity contribution in [3.05, 3.63) is 28.8 Å². The highest BCUT2D eigenvalue weighted by molar-refractivity contribution is 7.85. The summed E-state index contributed by atoms with van der Waals surface area (Å²) < 4.78 is 30.2. The van der Waals surface area contributed by atoms with Crippen LogP contribution in [0.25, 0.3) is 0 Å². The van der Waals surface area contributed by atoms with Crippen molar-refractivity contribution in [2.24, 2.45) is 5.73 Å². The van der Waals surface area contributed by atoms with Crippen molar-refractivity contribution >= 4 is 21.7 Å². The lowest BCUT2D eigenvalue weighted by Gasteiger charge is -2.03. The first-order valence-corrected chi connectivity index (χ1v) is 5.73. The highest BCUT2D eigenvalue weighted by Crippen LogP contribution is 2.20. The second-order valence-electron chi connectivity index (χ2n) is 2.77. The lowest BCUT2D eigenvalue weighted by Crippen LogP contribution is -2.04. The van der Waals surface area contributed by atoms with Gasteiger partial charge in [0.15, 0.2) is 0 Å². The second-order valence-corrected chi connectivity index (χ2v) is 4.60. The predicted octanol–water partition coefficient (Wildman–Crippen LogP) is 1.09. The molecule has 0 saturated heterocycles. The van der Waals surface area contributed by atoms with Crippen LogP contribution < -0.4 is 5.73 Å². The Balaban J connectivity index is 3.13. The first kappa shape index (κ1) is 11.5. The van der Waals surface area contributed by atoms with Gasteiger partial charge in [0, 0.05) is 5.02 Å². The molecule has 0 aliphatic rings. The molecular formula is C8H10ClNO3S. The summed E-state index contributed by atoms with van der Waals surface area (Å²) >= 11 is 5.78. The monoisotopic (exact) mass is 235 g/mol. The van der Waals surface area contributed by atoms with Crippen molar-refractivity contribution in [3.63, 3.8) is 0 Å². The molecule has 0 aromatic heterocycles. The summed E-state index contributed by atoms with van der Waals surface area (Å²) in [6.45, 7) is 0.435. The van der Waals surface area contributed by atoms with E-state index in [2.05, 4.69) is 0 Å². The Bertz CT molecular complexity index is 430. The number of hydrogen-bond donors (Lipinski definition) is 2. The van der Waals surface area contributed by atoms with Gasteiger partial charge in [-0.15, -0.1) is 0 Å². The minimum atomic E-state index is -4.17. The molecule has 1 aromatic carbocycles. The molecule has 0 spiro atoms. The Morgan fingerprint density at radius 3 is 2.50 bits per heavy atom. The lowest BCUT2D eigenvalue weighted by atomic mass is 10.1. The molecule has 1 rings (SSSR count). The van der Waals surface area contributed by atoms with Crippen LogP contribution in [0.2, 0.25) is 5.02 Å². The summed E-state index contributed by atoms with van der Waals surface area (Å²) in [5.41, 5.74) is 6.09. The first-order valence-electron chi connectivity index (χ1n) is 3.91. The third kappa shape index (κ3) is 2.68. The standard InChI is InChI=1S/C8H10ClNO3S/c9-8-5-7(14(11,12)13)2-1-6(8)3-4-10/h1-2,5H,3-4,10H2,(H,11,12,13). The largest absolute Gasteiger partial charge is 0.330 e. The van der Waals surface area contributed by atoms with Gasteiger partial charge < -0.3 is 5.73 Å². The Hall–Kier alpha value is -0.620. The number of nitrogens with two attached hydrogens (primary N) is 1. The average Bonchev–Trinajstić information content (AvgIpc) is 2.07. The Morgan fingerprint density at radius 2 is 2.07 bits per heavy atom. The summed E-state index contributed by atoms with van der Waals surface area (Å²) in [4.78, 5) is -0.205. The van der Waals surface area contributed by atoms with E-state index in [9.17, 15) is 8.42 Å². The van der Waals surface area contributed by atoms with Gasteiger partial charge in [0.1, 0.15) is 0 Å². The molecule has 0 fully saturated rings. The van der Waals surface area contributed by atoms with Crippen LogP contribution in [0, 0.1) is 0 Å². The van der Waals surface area contributed by atoms with Gasteiger partial charge in [-0.25, -0.2) is 0 Å². The third-order valence-electron chi connectivity index (χ3n) is 1.74. The minimum absolute atomic E-state index is 0.205. The normalized spacial score (nSPS) is 11.6. The zero-order chi connectivity index (χ0) is 10.8. The van der Waals surface area contributed by atoms with Gasteiger partial charge >= 0.3 is 0 Å². The maximum atomic E-state index is 10.7. The van der Waals surface area contributed by atoms with Gasteiger partial charge in [-0.2, -0.15) is 8.42 Å². The van der Waals surface area contributed by atoms with Gasteiger partial charge in [0.05, 0.1) is 4.90 Å². The van der Waals surface area contributed by atoms with Crippen molar-refractivity contribution in [2.45, 2.75) is 11.3 Å². The second kappa shape index (κ2) is 4.27. The Morgan fingerprint density at radius 1 is 1.43 bits per heavy atom. The zero-order valence-electron chi connectivity index (χ0n) is 7.27. The number of benzene rings is 1. The van der Waals surface area contributed by atoms with E-state index in [1.54, 1.807) is 0 Å².